The zero-order chi connectivity index (χ0) is 17.3. The third-order valence-corrected chi connectivity index (χ3v) is 3.84. The number of nitrogens with zero attached hydrogens (tertiary/aromatic N) is 3. The van der Waals surface area contributed by atoms with E-state index in [9.17, 15) is 0 Å². The van der Waals surface area contributed by atoms with Crippen molar-refractivity contribution in [3.05, 3.63) is 28.6 Å². The maximum atomic E-state index is 7.49. The summed E-state index contributed by atoms with van der Waals surface area (Å²) in [5.74, 6) is 1.15. The molecule has 9 heteroatoms. The predicted octanol–water partition coefficient (Wildman–Crippen LogP) is 3.23. The lowest BCUT2D eigenvalue weighted by atomic mass is 10.1. The van der Waals surface area contributed by atoms with Gasteiger partial charge in [-0.25, -0.2) is 9.97 Å². The van der Waals surface area contributed by atoms with Crippen LogP contribution in [0.3, 0.4) is 0 Å². The van der Waals surface area contributed by atoms with E-state index in [0.29, 0.717) is 38.8 Å². The first kappa shape index (κ1) is 16.2. The minimum Gasteiger partial charge on any atom is -0.489 e. The highest BCUT2D eigenvalue weighted by Gasteiger charge is 2.15. The molecule has 0 aliphatic rings. The average Bonchev–Trinajstić information content (AvgIpc) is 2.92. The van der Waals surface area contributed by atoms with Crippen molar-refractivity contribution in [2.45, 2.75) is 20.0 Å². The van der Waals surface area contributed by atoms with Crippen LogP contribution in [0.1, 0.15) is 19.4 Å². The zero-order valence-corrected chi connectivity index (χ0v) is 14.7. The minimum atomic E-state index is -0.0261. The van der Waals surface area contributed by atoms with Crippen LogP contribution in [0.2, 0.25) is 0 Å². The number of fused-ring (bicyclic) bond motifs is 1. The maximum absolute atomic E-state index is 7.49. The van der Waals surface area contributed by atoms with Gasteiger partial charge in [-0.3, -0.25) is 5.10 Å². The van der Waals surface area contributed by atoms with Crippen LogP contribution >= 0.6 is 15.9 Å². The summed E-state index contributed by atoms with van der Waals surface area (Å²) in [6.07, 6.45) is 2.60. The van der Waals surface area contributed by atoms with Crippen LogP contribution in [0, 0.1) is 5.41 Å². The van der Waals surface area contributed by atoms with E-state index < -0.39 is 0 Å². The molecule has 0 radical (unpaired) electrons. The number of hydrogen-bond donors (Lipinski definition) is 4. The van der Waals surface area contributed by atoms with Crippen LogP contribution in [0.4, 0.5) is 17.2 Å². The van der Waals surface area contributed by atoms with Crippen LogP contribution in [-0.2, 0) is 0 Å². The van der Waals surface area contributed by atoms with Crippen LogP contribution in [-0.4, -0.2) is 32.5 Å². The molecule has 0 aliphatic carbocycles. The van der Waals surface area contributed by atoms with Crippen LogP contribution in [0.5, 0.6) is 5.75 Å². The molecule has 8 nitrogen and oxygen atoms in total. The minimum absolute atomic E-state index is 0.0261. The molecular weight excluding hydrogens is 374 g/mol. The molecule has 2 aromatic heterocycles. The number of rotatable bonds is 5. The molecule has 0 spiro atoms. The number of anilines is 3. The van der Waals surface area contributed by atoms with E-state index in [1.54, 1.807) is 12.1 Å². The normalized spacial score (nSPS) is 11.0. The fourth-order valence-electron chi connectivity index (χ4n) is 2.23. The van der Waals surface area contributed by atoms with Gasteiger partial charge in [0.05, 0.1) is 17.2 Å². The Balaban J connectivity index is 2.10. The van der Waals surface area contributed by atoms with E-state index in [0.717, 1.165) is 5.39 Å². The van der Waals surface area contributed by atoms with Crippen LogP contribution in [0.25, 0.3) is 11.0 Å². The molecule has 3 aromatic rings. The molecular formula is C15H16BrN7O. The molecule has 0 bridgehead atoms. The third-order valence-electron chi connectivity index (χ3n) is 3.26. The average molecular weight is 390 g/mol. The second-order valence-electron chi connectivity index (χ2n) is 5.37. The molecule has 1 aromatic carbocycles. The van der Waals surface area contributed by atoms with Gasteiger partial charge in [0.15, 0.2) is 5.65 Å². The molecule has 2 heterocycles. The zero-order valence-electron chi connectivity index (χ0n) is 13.1. The fourth-order valence-corrected chi connectivity index (χ4v) is 2.68. The molecule has 0 amide bonds. The van der Waals surface area contributed by atoms with Crippen molar-refractivity contribution in [2.75, 3.05) is 11.1 Å². The van der Waals surface area contributed by atoms with Crippen LogP contribution in [0.15, 0.2) is 23.1 Å². The van der Waals surface area contributed by atoms with Gasteiger partial charge >= 0.3 is 0 Å². The van der Waals surface area contributed by atoms with Gasteiger partial charge in [-0.1, -0.05) is 0 Å². The van der Waals surface area contributed by atoms with E-state index in [1.807, 2.05) is 13.8 Å². The van der Waals surface area contributed by atoms with E-state index >= 15 is 0 Å². The summed E-state index contributed by atoms with van der Waals surface area (Å²) < 4.78 is 6.50. The number of H-pyrrole nitrogens is 1. The summed E-state index contributed by atoms with van der Waals surface area (Å²) in [5, 5.41) is 18.3. The summed E-state index contributed by atoms with van der Waals surface area (Å²) in [4.78, 5) is 8.39. The van der Waals surface area contributed by atoms with E-state index in [4.69, 9.17) is 15.9 Å². The number of nitrogens with one attached hydrogen (secondary N) is 3. The van der Waals surface area contributed by atoms with Gasteiger partial charge in [0.25, 0.3) is 0 Å². The first-order valence-electron chi connectivity index (χ1n) is 7.22. The summed E-state index contributed by atoms with van der Waals surface area (Å²) in [5.41, 5.74) is 8.22. The molecule has 24 heavy (non-hydrogen) atoms. The number of nitrogens with two attached hydrogens (primary N) is 1. The quantitative estimate of drug-likeness (QED) is 0.392. The van der Waals surface area contributed by atoms with Crippen molar-refractivity contribution in [3.63, 3.8) is 0 Å². The Hall–Kier alpha value is -2.68. The van der Waals surface area contributed by atoms with Gasteiger partial charge in [0.1, 0.15) is 22.5 Å². The topological polar surface area (TPSA) is 126 Å². The third kappa shape index (κ3) is 3.02. The highest BCUT2D eigenvalue weighted by Crippen LogP contribution is 2.35. The first-order valence-corrected chi connectivity index (χ1v) is 8.01. The smallest absolute Gasteiger partial charge is 0.187 e. The molecule has 0 saturated heterocycles. The second kappa shape index (κ2) is 6.44. The Labute approximate surface area is 146 Å². The Kier molecular flexibility index (Phi) is 4.34. The molecule has 0 unspecified atom stereocenters. The largest absolute Gasteiger partial charge is 0.489 e. The van der Waals surface area contributed by atoms with Crippen molar-refractivity contribution in [1.82, 2.24) is 20.2 Å². The molecule has 3 rings (SSSR count). The number of halogens is 1. The number of ether oxygens (including phenoxy) is 1. The Morgan fingerprint density at radius 2 is 2.17 bits per heavy atom. The Morgan fingerprint density at radius 3 is 2.88 bits per heavy atom. The summed E-state index contributed by atoms with van der Waals surface area (Å²) in [6.45, 7) is 3.86. The van der Waals surface area contributed by atoms with Gasteiger partial charge < -0.3 is 21.2 Å². The molecule has 0 saturated carbocycles. The lowest BCUT2D eigenvalue weighted by molar-refractivity contribution is 0.244. The lowest BCUT2D eigenvalue weighted by Gasteiger charge is -2.17. The first-order chi connectivity index (χ1) is 11.5. The number of benzene rings is 1. The van der Waals surface area contributed by atoms with Crippen molar-refractivity contribution < 1.29 is 4.74 Å². The predicted molar refractivity (Wildman–Crippen MR) is 97.2 cm³/mol. The number of aromatic nitrogens is 4. The molecule has 5 N–H and O–H groups in total. The highest BCUT2D eigenvalue weighted by molar-refractivity contribution is 9.10. The van der Waals surface area contributed by atoms with E-state index in [-0.39, 0.29) is 6.10 Å². The summed E-state index contributed by atoms with van der Waals surface area (Å²) in [7, 11) is 0. The maximum Gasteiger partial charge on any atom is 0.187 e. The monoisotopic (exact) mass is 389 g/mol. The molecule has 124 valence electrons. The Morgan fingerprint density at radius 1 is 1.38 bits per heavy atom. The lowest BCUT2D eigenvalue weighted by Crippen LogP contribution is -2.09. The SMILES string of the molecule is CC(C)Oc1cc(N)c(C=N)cc1Nc1ncnc2n[nH]c(Br)c12. The number of aromatic amines is 1. The van der Waals surface area contributed by atoms with Crippen molar-refractivity contribution in [1.29, 1.82) is 5.41 Å². The standard InChI is InChI=1S/C15H16BrN7O/c1-7(2)24-11-4-9(18)8(5-17)3-10(11)21-14-12-13(16)22-23-15(12)20-6-19-14/h3-7,17H,18H2,1-2H3,(H2,19,20,21,22,23). The molecule has 0 fully saturated rings. The summed E-state index contributed by atoms with van der Waals surface area (Å²) >= 11 is 3.40. The molecule has 0 aliphatic heterocycles. The van der Waals surface area contributed by atoms with Gasteiger partial charge in [-0.2, -0.15) is 5.10 Å². The number of hydrogen-bond acceptors (Lipinski definition) is 7. The molecule has 0 atom stereocenters. The Bertz CT molecular complexity index is 906. The van der Waals surface area contributed by atoms with Crippen molar-refractivity contribution in [2.24, 2.45) is 0 Å². The van der Waals surface area contributed by atoms with Crippen molar-refractivity contribution in [3.8, 4) is 5.75 Å². The van der Waals surface area contributed by atoms with Crippen LogP contribution < -0.4 is 15.8 Å². The summed E-state index contributed by atoms with van der Waals surface area (Å²) in [6, 6.07) is 3.45. The van der Waals surface area contributed by atoms with Gasteiger partial charge in [-0.05, 0) is 35.8 Å². The fraction of sp³-hybridized carbons (Fsp3) is 0.200. The highest BCUT2D eigenvalue weighted by atomic mass is 79.9. The van der Waals surface area contributed by atoms with E-state index in [2.05, 4.69) is 41.4 Å². The van der Waals surface area contributed by atoms with Crippen molar-refractivity contribution >= 4 is 50.4 Å². The second-order valence-corrected chi connectivity index (χ2v) is 6.16. The number of nitrogen functional groups attached to an aromatic ring is 1. The van der Waals surface area contributed by atoms with E-state index in [1.165, 1.54) is 12.5 Å². The van der Waals surface area contributed by atoms with Gasteiger partial charge in [0, 0.05) is 23.5 Å². The van der Waals surface area contributed by atoms with Gasteiger partial charge in [-0.15, -0.1) is 0 Å². The van der Waals surface area contributed by atoms with Gasteiger partial charge in [0.2, 0.25) is 0 Å².